The Bertz CT molecular complexity index is 529. The highest BCUT2D eigenvalue weighted by Gasteiger charge is 2.19. The zero-order valence-corrected chi connectivity index (χ0v) is 15.2. The monoisotopic (exact) mass is 337 g/mol. The van der Waals surface area contributed by atoms with Gasteiger partial charge in [0.1, 0.15) is 0 Å². The number of piperidine rings is 1. The summed E-state index contributed by atoms with van der Waals surface area (Å²) in [5.74, 6) is 0.774. The van der Waals surface area contributed by atoms with E-state index in [4.69, 9.17) is 0 Å². The largest absolute Gasteiger partial charge is 0.390 e. The molecular formula is C17H31N5O2. The van der Waals surface area contributed by atoms with Gasteiger partial charge >= 0.3 is 6.03 Å². The van der Waals surface area contributed by atoms with Gasteiger partial charge in [-0.1, -0.05) is 6.92 Å². The molecule has 1 unspecified atom stereocenters. The molecule has 7 heteroatoms. The number of anilines is 1. The molecule has 0 saturated carbocycles. The number of carbonyl (C=O) groups excluding carboxylic acids is 1. The van der Waals surface area contributed by atoms with Crippen LogP contribution in [0, 0.1) is 5.92 Å². The van der Waals surface area contributed by atoms with E-state index in [9.17, 15) is 9.90 Å². The van der Waals surface area contributed by atoms with Crippen molar-refractivity contribution >= 4 is 11.7 Å². The Morgan fingerprint density at radius 2 is 2.08 bits per heavy atom. The summed E-state index contributed by atoms with van der Waals surface area (Å²) in [6.07, 6.45) is 5.22. The van der Waals surface area contributed by atoms with Gasteiger partial charge in [-0.25, -0.2) is 4.79 Å². The van der Waals surface area contributed by atoms with E-state index in [1.807, 2.05) is 20.8 Å². The number of aliphatic hydroxyl groups excluding tert-OH is 1. The normalized spacial score (nSPS) is 18.4. The Kier molecular flexibility index (Phi) is 6.23. The van der Waals surface area contributed by atoms with Crippen molar-refractivity contribution in [3.8, 4) is 0 Å². The molecule has 0 radical (unpaired) electrons. The highest BCUT2D eigenvalue weighted by Crippen LogP contribution is 2.16. The van der Waals surface area contributed by atoms with Gasteiger partial charge in [-0.3, -0.25) is 4.68 Å². The van der Waals surface area contributed by atoms with Crippen molar-refractivity contribution in [1.29, 1.82) is 0 Å². The Balaban J connectivity index is 1.70. The number of aromatic nitrogens is 2. The standard InChI is InChI=1S/C17H31N5O2/c1-13-5-7-21(8-6-13)12-15(23)10-18-16(24)20-14-9-19-22(11-14)17(2,3)4/h9,11,13,15,23H,5-8,10,12H2,1-4H3,(H2,18,20,24). The molecule has 1 aromatic rings. The second kappa shape index (κ2) is 7.98. The number of amides is 2. The number of carbonyl (C=O) groups is 1. The van der Waals surface area contributed by atoms with Crippen molar-refractivity contribution in [1.82, 2.24) is 20.0 Å². The van der Waals surface area contributed by atoms with Gasteiger partial charge < -0.3 is 20.6 Å². The highest BCUT2D eigenvalue weighted by molar-refractivity contribution is 5.88. The van der Waals surface area contributed by atoms with Gasteiger partial charge in [0.25, 0.3) is 0 Å². The predicted octanol–water partition coefficient (Wildman–Crippen LogP) is 1.85. The molecule has 24 heavy (non-hydrogen) atoms. The Morgan fingerprint density at radius 1 is 1.42 bits per heavy atom. The van der Waals surface area contributed by atoms with Gasteiger partial charge in [0, 0.05) is 19.3 Å². The third kappa shape index (κ3) is 5.79. The molecule has 0 aromatic carbocycles. The van der Waals surface area contributed by atoms with E-state index in [1.54, 1.807) is 17.1 Å². The summed E-state index contributed by atoms with van der Waals surface area (Å²) in [6, 6.07) is -0.324. The molecule has 2 heterocycles. The first-order valence-corrected chi connectivity index (χ1v) is 8.74. The van der Waals surface area contributed by atoms with Crippen molar-refractivity contribution < 1.29 is 9.90 Å². The predicted molar refractivity (Wildman–Crippen MR) is 95.1 cm³/mol. The zero-order valence-electron chi connectivity index (χ0n) is 15.2. The average molecular weight is 337 g/mol. The van der Waals surface area contributed by atoms with Crippen LogP contribution >= 0.6 is 0 Å². The maximum atomic E-state index is 11.9. The average Bonchev–Trinajstić information content (AvgIpc) is 2.96. The van der Waals surface area contributed by atoms with Crippen LogP contribution in [0.3, 0.4) is 0 Å². The smallest absolute Gasteiger partial charge is 0.319 e. The SMILES string of the molecule is CC1CCN(CC(O)CNC(=O)Nc2cnn(C(C)(C)C)c2)CC1. The molecule has 1 aliphatic rings. The first kappa shape index (κ1) is 18.7. The zero-order chi connectivity index (χ0) is 17.7. The van der Waals surface area contributed by atoms with E-state index in [1.165, 1.54) is 12.8 Å². The molecule has 3 N–H and O–H groups in total. The van der Waals surface area contributed by atoms with Crippen LogP contribution < -0.4 is 10.6 Å². The summed E-state index contributed by atoms with van der Waals surface area (Å²) < 4.78 is 1.80. The van der Waals surface area contributed by atoms with Crippen LogP contribution in [0.1, 0.15) is 40.5 Å². The Morgan fingerprint density at radius 3 is 2.67 bits per heavy atom. The number of urea groups is 1. The van der Waals surface area contributed by atoms with Crippen LogP contribution in [0.4, 0.5) is 10.5 Å². The summed E-state index contributed by atoms with van der Waals surface area (Å²) in [5, 5.41) is 19.8. The lowest BCUT2D eigenvalue weighted by atomic mass is 9.99. The number of likely N-dealkylation sites (tertiary alicyclic amines) is 1. The van der Waals surface area contributed by atoms with Crippen molar-refractivity contribution in [2.75, 3.05) is 31.5 Å². The fourth-order valence-corrected chi connectivity index (χ4v) is 2.75. The minimum atomic E-state index is -0.554. The van der Waals surface area contributed by atoms with Gasteiger partial charge in [-0.2, -0.15) is 5.10 Å². The lowest BCUT2D eigenvalue weighted by Gasteiger charge is -2.31. The molecule has 7 nitrogen and oxygen atoms in total. The highest BCUT2D eigenvalue weighted by atomic mass is 16.3. The third-order valence-corrected chi connectivity index (χ3v) is 4.37. The Hall–Kier alpha value is -1.60. The first-order valence-electron chi connectivity index (χ1n) is 8.74. The summed E-state index contributed by atoms with van der Waals surface area (Å²) in [7, 11) is 0. The second-order valence-corrected chi connectivity index (χ2v) is 7.82. The number of nitrogens with zero attached hydrogens (tertiary/aromatic N) is 3. The van der Waals surface area contributed by atoms with Gasteiger partial charge in [0.15, 0.2) is 0 Å². The van der Waals surface area contributed by atoms with Crippen LogP contribution in [0.2, 0.25) is 0 Å². The van der Waals surface area contributed by atoms with E-state index >= 15 is 0 Å². The summed E-state index contributed by atoms with van der Waals surface area (Å²) >= 11 is 0. The van der Waals surface area contributed by atoms with Gasteiger partial charge in [0.05, 0.1) is 23.5 Å². The second-order valence-electron chi connectivity index (χ2n) is 7.82. The molecule has 1 aliphatic heterocycles. The Labute approximate surface area is 144 Å². The minimum absolute atomic E-state index is 0.126. The van der Waals surface area contributed by atoms with E-state index in [0.717, 1.165) is 19.0 Å². The van der Waals surface area contributed by atoms with Crippen molar-refractivity contribution in [3.05, 3.63) is 12.4 Å². The number of hydrogen-bond donors (Lipinski definition) is 3. The molecule has 2 rings (SSSR count). The van der Waals surface area contributed by atoms with Gasteiger partial charge in [-0.15, -0.1) is 0 Å². The molecule has 0 bridgehead atoms. The van der Waals surface area contributed by atoms with E-state index in [0.29, 0.717) is 12.2 Å². The summed E-state index contributed by atoms with van der Waals surface area (Å²) in [4.78, 5) is 14.2. The van der Waals surface area contributed by atoms with Crippen LogP contribution in [0.5, 0.6) is 0 Å². The third-order valence-electron chi connectivity index (χ3n) is 4.37. The molecular weight excluding hydrogens is 306 g/mol. The van der Waals surface area contributed by atoms with E-state index in [-0.39, 0.29) is 18.1 Å². The number of hydrogen-bond acceptors (Lipinski definition) is 4. The van der Waals surface area contributed by atoms with E-state index < -0.39 is 6.10 Å². The quantitative estimate of drug-likeness (QED) is 0.766. The number of β-amino-alcohol motifs (C(OH)–C–C–N with tert-alkyl or cyclic N) is 1. The molecule has 1 atom stereocenters. The maximum absolute atomic E-state index is 11.9. The lowest BCUT2D eigenvalue weighted by Crippen LogP contribution is -2.43. The molecule has 2 amide bonds. The maximum Gasteiger partial charge on any atom is 0.319 e. The van der Waals surface area contributed by atoms with Gasteiger partial charge in [-0.05, 0) is 52.6 Å². The topological polar surface area (TPSA) is 82.4 Å². The van der Waals surface area contributed by atoms with Crippen LogP contribution in [0.15, 0.2) is 12.4 Å². The van der Waals surface area contributed by atoms with Crippen LogP contribution in [-0.2, 0) is 5.54 Å². The molecule has 1 fully saturated rings. The van der Waals surface area contributed by atoms with Crippen molar-refractivity contribution in [3.63, 3.8) is 0 Å². The fourth-order valence-electron chi connectivity index (χ4n) is 2.75. The number of rotatable bonds is 5. The molecule has 1 saturated heterocycles. The number of aliphatic hydroxyl groups is 1. The molecule has 0 spiro atoms. The van der Waals surface area contributed by atoms with Crippen molar-refractivity contribution in [2.45, 2.75) is 52.2 Å². The molecule has 136 valence electrons. The first-order chi connectivity index (χ1) is 11.2. The fraction of sp³-hybridized carbons (Fsp3) is 0.765. The van der Waals surface area contributed by atoms with E-state index in [2.05, 4.69) is 27.6 Å². The summed E-state index contributed by atoms with van der Waals surface area (Å²) in [5.41, 5.74) is 0.514. The molecule has 0 aliphatic carbocycles. The van der Waals surface area contributed by atoms with Crippen LogP contribution in [-0.4, -0.2) is 58.1 Å². The number of nitrogens with one attached hydrogen (secondary N) is 2. The van der Waals surface area contributed by atoms with Crippen molar-refractivity contribution in [2.24, 2.45) is 5.92 Å². The lowest BCUT2D eigenvalue weighted by molar-refractivity contribution is 0.0924. The van der Waals surface area contributed by atoms with Crippen LogP contribution in [0.25, 0.3) is 0 Å². The van der Waals surface area contributed by atoms with Gasteiger partial charge in [0.2, 0.25) is 0 Å². The molecule has 1 aromatic heterocycles. The summed E-state index contributed by atoms with van der Waals surface area (Å²) in [6.45, 7) is 11.3. The minimum Gasteiger partial charge on any atom is -0.390 e.